The molecular formula is C20H22FNO2. The normalized spacial score (nSPS) is 14.6. The molecule has 0 radical (unpaired) electrons. The van der Waals surface area contributed by atoms with E-state index in [1.807, 2.05) is 19.1 Å². The standard InChI is InChI=1S/C20H22FNO2/c1-2-19(20(23)22-17-9-5-8-16(21)13-17)24-18-11-10-14-6-3-4-7-15(14)12-18/h5,8-13,19H,2-4,6-7H2,1H3,(H,22,23)/t19-/m0/s1. The van der Waals surface area contributed by atoms with Gasteiger partial charge in [0.1, 0.15) is 11.6 Å². The van der Waals surface area contributed by atoms with Gasteiger partial charge in [-0.1, -0.05) is 19.1 Å². The van der Waals surface area contributed by atoms with Crippen molar-refractivity contribution >= 4 is 11.6 Å². The molecule has 0 aromatic heterocycles. The Kier molecular flexibility index (Phi) is 5.14. The maximum Gasteiger partial charge on any atom is 0.265 e. The number of anilines is 1. The summed E-state index contributed by atoms with van der Waals surface area (Å²) in [7, 11) is 0. The number of nitrogens with one attached hydrogen (secondary N) is 1. The van der Waals surface area contributed by atoms with Gasteiger partial charge in [-0.25, -0.2) is 4.39 Å². The number of carbonyl (C=O) groups is 1. The van der Waals surface area contributed by atoms with Crippen LogP contribution in [0.2, 0.25) is 0 Å². The first kappa shape index (κ1) is 16.5. The minimum Gasteiger partial charge on any atom is -0.481 e. The zero-order chi connectivity index (χ0) is 16.9. The van der Waals surface area contributed by atoms with Crippen molar-refractivity contribution in [1.29, 1.82) is 0 Å². The highest BCUT2D eigenvalue weighted by atomic mass is 19.1. The van der Waals surface area contributed by atoms with Crippen LogP contribution in [-0.2, 0) is 17.6 Å². The average Bonchev–Trinajstić information content (AvgIpc) is 2.59. The van der Waals surface area contributed by atoms with E-state index in [2.05, 4.69) is 11.4 Å². The van der Waals surface area contributed by atoms with Crippen molar-refractivity contribution in [2.24, 2.45) is 0 Å². The lowest BCUT2D eigenvalue weighted by atomic mass is 9.92. The van der Waals surface area contributed by atoms with Crippen LogP contribution in [0.3, 0.4) is 0 Å². The number of amides is 1. The van der Waals surface area contributed by atoms with E-state index in [4.69, 9.17) is 4.74 Å². The molecule has 0 aliphatic heterocycles. The minimum absolute atomic E-state index is 0.263. The number of hydrogen-bond donors (Lipinski definition) is 1. The Morgan fingerprint density at radius 2 is 1.96 bits per heavy atom. The van der Waals surface area contributed by atoms with Crippen LogP contribution in [-0.4, -0.2) is 12.0 Å². The molecule has 0 saturated carbocycles. The molecular weight excluding hydrogens is 305 g/mol. The van der Waals surface area contributed by atoms with Crippen LogP contribution in [0, 0.1) is 5.82 Å². The average molecular weight is 327 g/mol. The monoisotopic (exact) mass is 327 g/mol. The molecule has 24 heavy (non-hydrogen) atoms. The largest absolute Gasteiger partial charge is 0.481 e. The van der Waals surface area contributed by atoms with Gasteiger partial charge in [0.25, 0.3) is 5.91 Å². The summed E-state index contributed by atoms with van der Waals surface area (Å²) in [6, 6.07) is 11.9. The van der Waals surface area contributed by atoms with E-state index in [1.165, 1.54) is 36.1 Å². The molecule has 4 heteroatoms. The van der Waals surface area contributed by atoms with Crippen molar-refractivity contribution in [2.45, 2.75) is 45.1 Å². The van der Waals surface area contributed by atoms with Crippen molar-refractivity contribution in [3.05, 3.63) is 59.4 Å². The number of fused-ring (bicyclic) bond motifs is 1. The molecule has 0 spiro atoms. The molecule has 3 rings (SSSR count). The second-order valence-corrected chi connectivity index (χ2v) is 6.15. The third kappa shape index (κ3) is 3.94. The zero-order valence-corrected chi connectivity index (χ0v) is 13.8. The number of hydrogen-bond acceptors (Lipinski definition) is 2. The van der Waals surface area contributed by atoms with Gasteiger partial charge in [0.05, 0.1) is 0 Å². The Balaban J connectivity index is 1.68. The number of ether oxygens (including phenoxy) is 1. The number of rotatable bonds is 5. The van der Waals surface area contributed by atoms with Crippen LogP contribution >= 0.6 is 0 Å². The van der Waals surface area contributed by atoms with Gasteiger partial charge in [0.15, 0.2) is 6.10 Å². The molecule has 2 aromatic carbocycles. The number of halogens is 1. The van der Waals surface area contributed by atoms with Crippen molar-refractivity contribution in [2.75, 3.05) is 5.32 Å². The maximum atomic E-state index is 13.2. The summed E-state index contributed by atoms with van der Waals surface area (Å²) in [6.45, 7) is 1.90. The Morgan fingerprint density at radius 3 is 2.71 bits per heavy atom. The Hall–Kier alpha value is -2.36. The zero-order valence-electron chi connectivity index (χ0n) is 13.8. The first-order valence-corrected chi connectivity index (χ1v) is 8.50. The van der Waals surface area contributed by atoms with E-state index < -0.39 is 6.10 Å². The molecule has 0 unspecified atom stereocenters. The summed E-state index contributed by atoms with van der Waals surface area (Å²) in [5.74, 6) is 0.0779. The van der Waals surface area contributed by atoms with E-state index in [1.54, 1.807) is 12.1 Å². The van der Waals surface area contributed by atoms with Gasteiger partial charge in [0.2, 0.25) is 0 Å². The van der Waals surface area contributed by atoms with Gasteiger partial charge in [-0.3, -0.25) is 4.79 Å². The van der Waals surface area contributed by atoms with Crippen LogP contribution in [0.15, 0.2) is 42.5 Å². The second kappa shape index (κ2) is 7.47. The summed E-state index contributed by atoms with van der Waals surface area (Å²) in [4.78, 5) is 12.4. The SMILES string of the molecule is CC[C@H](Oc1ccc2c(c1)CCCC2)C(=O)Nc1cccc(F)c1. The number of carbonyl (C=O) groups excluding carboxylic acids is 1. The highest BCUT2D eigenvalue weighted by Crippen LogP contribution is 2.26. The third-order valence-electron chi connectivity index (χ3n) is 4.35. The molecule has 1 amide bonds. The second-order valence-electron chi connectivity index (χ2n) is 6.15. The molecule has 3 nitrogen and oxygen atoms in total. The maximum absolute atomic E-state index is 13.2. The lowest BCUT2D eigenvalue weighted by Crippen LogP contribution is -2.32. The van der Waals surface area contributed by atoms with Crippen LogP contribution < -0.4 is 10.1 Å². The molecule has 0 fully saturated rings. The molecule has 2 aromatic rings. The lowest BCUT2D eigenvalue weighted by molar-refractivity contribution is -0.122. The fraction of sp³-hybridized carbons (Fsp3) is 0.350. The number of benzene rings is 2. The first-order valence-electron chi connectivity index (χ1n) is 8.50. The first-order chi connectivity index (χ1) is 11.7. The van der Waals surface area contributed by atoms with Crippen LogP contribution in [0.4, 0.5) is 10.1 Å². The molecule has 1 aliphatic carbocycles. The summed E-state index contributed by atoms with van der Waals surface area (Å²) in [5, 5.41) is 2.71. The van der Waals surface area contributed by atoms with Crippen molar-refractivity contribution < 1.29 is 13.9 Å². The number of aryl methyl sites for hydroxylation is 2. The highest BCUT2D eigenvalue weighted by molar-refractivity contribution is 5.94. The van der Waals surface area contributed by atoms with Crippen molar-refractivity contribution in [1.82, 2.24) is 0 Å². The van der Waals surface area contributed by atoms with Crippen LogP contribution in [0.5, 0.6) is 5.75 Å². The van der Waals surface area contributed by atoms with Gasteiger partial charge in [-0.2, -0.15) is 0 Å². The van der Waals surface area contributed by atoms with E-state index in [-0.39, 0.29) is 11.7 Å². The van der Waals surface area contributed by atoms with E-state index in [0.29, 0.717) is 12.1 Å². The van der Waals surface area contributed by atoms with E-state index >= 15 is 0 Å². The van der Waals surface area contributed by atoms with Gasteiger partial charge in [0, 0.05) is 5.69 Å². The molecule has 1 N–H and O–H groups in total. The lowest BCUT2D eigenvalue weighted by Gasteiger charge is -2.20. The van der Waals surface area contributed by atoms with Gasteiger partial charge in [-0.15, -0.1) is 0 Å². The fourth-order valence-electron chi connectivity index (χ4n) is 3.06. The minimum atomic E-state index is -0.602. The predicted molar refractivity (Wildman–Crippen MR) is 92.8 cm³/mol. The summed E-state index contributed by atoms with van der Waals surface area (Å²) in [5.41, 5.74) is 3.14. The molecule has 0 saturated heterocycles. The molecule has 0 heterocycles. The third-order valence-corrected chi connectivity index (χ3v) is 4.35. The molecule has 0 bridgehead atoms. The van der Waals surface area contributed by atoms with Gasteiger partial charge < -0.3 is 10.1 Å². The molecule has 1 aliphatic rings. The van der Waals surface area contributed by atoms with Crippen LogP contribution in [0.25, 0.3) is 0 Å². The van der Waals surface area contributed by atoms with Gasteiger partial charge >= 0.3 is 0 Å². The smallest absolute Gasteiger partial charge is 0.265 e. The molecule has 126 valence electrons. The van der Waals surface area contributed by atoms with E-state index in [9.17, 15) is 9.18 Å². The highest BCUT2D eigenvalue weighted by Gasteiger charge is 2.19. The Labute approximate surface area is 141 Å². The van der Waals surface area contributed by atoms with Crippen molar-refractivity contribution in [3.63, 3.8) is 0 Å². The topological polar surface area (TPSA) is 38.3 Å². The Morgan fingerprint density at radius 1 is 1.17 bits per heavy atom. The van der Waals surface area contributed by atoms with Crippen LogP contribution in [0.1, 0.15) is 37.3 Å². The van der Waals surface area contributed by atoms with Crippen molar-refractivity contribution in [3.8, 4) is 5.75 Å². The van der Waals surface area contributed by atoms with Gasteiger partial charge in [-0.05, 0) is 73.6 Å². The fourth-order valence-corrected chi connectivity index (χ4v) is 3.06. The summed E-state index contributed by atoms with van der Waals surface area (Å²) in [6.07, 6.45) is 4.56. The molecule has 1 atom stereocenters. The summed E-state index contributed by atoms with van der Waals surface area (Å²) >= 11 is 0. The quantitative estimate of drug-likeness (QED) is 0.878. The summed E-state index contributed by atoms with van der Waals surface area (Å²) < 4.78 is 19.1. The van der Waals surface area contributed by atoms with E-state index in [0.717, 1.165) is 18.6 Å². The predicted octanol–water partition coefficient (Wildman–Crippen LogP) is 4.50. The Bertz CT molecular complexity index is 729.